The van der Waals surface area contributed by atoms with Gasteiger partial charge in [0.1, 0.15) is 11.2 Å². The van der Waals surface area contributed by atoms with E-state index in [9.17, 15) is 14.7 Å². The van der Waals surface area contributed by atoms with Crippen LogP contribution in [0.25, 0.3) is 0 Å². The van der Waals surface area contributed by atoms with Crippen LogP contribution in [0.5, 0.6) is 0 Å². The van der Waals surface area contributed by atoms with Crippen molar-refractivity contribution in [3.8, 4) is 0 Å². The third-order valence-corrected chi connectivity index (χ3v) is 4.27. The van der Waals surface area contributed by atoms with Crippen LogP contribution in [0.1, 0.15) is 61.3 Å². The van der Waals surface area contributed by atoms with E-state index in [0.29, 0.717) is 18.4 Å². The Morgan fingerprint density at radius 1 is 1.04 bits per heavy atom. The van der Waals surface area contributed by atoms with E-state index in [1.54, 1.807) is 0 Å². The highest BCUT2D eigenvalue weighted by atomic mass is 16.6. The second-order valence-electron chi connectivity index (χ2n) is 9.25. The number of nitrogens with one attached hydrogen (secondary N) is 2. The number of ether oxygens (including phenoxy) is 2. The van der Waals surface area contributed by atoms with Gasteiger partial charge in [0.2, 0.25) is 0 Å². The van der Waals surface area contributed by atoms with Gasteiger partial charge in [-0.1, -0.05) is 0 Å². The fraction of sp³-hybridized carbons (Fsp3) is 0.895. The van der Waals surface area contributed by atoms with Gasteiger partial charge >= 0.3 is 12.2 Å². The number of amides is 2. The number of alkyl carbamates (subject to hydrolysis) is 2. The molecule has 1 aliphatic carbocycles. The minimum atomic E-state index is -0.548. The first kappa shape index (κ1) is 22.5. The fourth-order valence-corrected chi connectivity index (χ4v) is 2.81. The van der Waals surface area contributed by atoms with Crippen molar-refractivity contribution in [2.45, 2.75) is 78.6 Å². The average Bonchev–Trinajstić information content (AvgIpc) is 3.16. The number of hydrogen-bond acceptors (Lipinski definition) is 5. The second-order valence-corrected chi connectivity index (χ2v) is 9.25. The van der Waals surface area contributed by atoms with Crippen molar-refractivity contribution in [2.24, 2.45) is 17.8 Å². The SMILES string of the molecule is C[C@@H](NC(=O)OC(C)(C)C)[C@H](CO)C[C@H]1C[C@H]1CNC(=O)OC(C)(C)C. The summed E-state index contributed by atoms with van der Waals surface area (Å²) in [5.74, 6) is 0.786. The van der Waals surface area contributed by atoms with E-state index in [0.717, 1.165) is 12.8 Å². The third kappa shape index (κ3) is 9.27. The third-order valence-electron chi connectivity index (χ3n) is 4.27. The average molecular weight is 373 g/mol. The molecule has 2 amide bonds. The lowest BCUT2D eigenvalue weighted by molar-refractivity contribution is 0.0468. The van der Waals surface area contributed by atoms with Crippen LogP contribution in [-0.2, 0) is 9.47 Å². The molecule has 0 spiro atoms. The molecule has 7 heteroatoms. The number of aliphatic hydroxyl groups excluding tert-OH is 1. The maximum absolute atomic E-state index is 11.9. The molecule has 1 fully saturated rings. The number of aliphatic hydroxyl groups is 1. The summed E-state index contributed by atoms with van der Waals surface area (Å²) in [6.07, 6.45) is 0.934. The van der Waals surface area contributed by atoms with Crippen molar-refractivity contribution in [1.29, 1.82) is 0 Å². The molecule has 1 saturated carbocycles. The maximum Gasteiger partial charge on any atom is 0.407 e. The highest BCUT2D eigenvalue weighted by Gasteiger charge is 2.39. The summed E-state index contributed by atoms with van der Waals surface area (Å²) < 4.78 is 10.5. The molecule has 4 atom stereocenters. The van der Waals surface area contributed by atoms with Gasteiger partial charge in [0, 0.05) is 25.1 Å². The minimum Gasteiger partial charge on any atom is -0.444 e. The molecule has 0 aliphatic heterocycles. The number of carbonyl (C=O) groups is 2. The van der Waals surface area contributed by atoms with E-state index >= 15 is 0 Å². The van der Waals surface area contributed by atoms with Crippen molar-refractivity contribution in [2.75, 3.05) is 13.2 Å². The minimum absolute atomic E-state index is 0.000319. The molecule has 0 aromatic heterocycles. The molecule has 0 radical (unpaired) electrons. The summed E-state index contributed by atoms with van der Waals surface area (Å²) in [7, 11) is 0. The zero-order valence-electron chi connectivity index (χ0n) is 17.2. The molecule has 0 unspecified atom stereocenters. The zero-order valence-corrected chi connectivity index (χ0v) is 17.2. The molecule has 0 heterocycles. The van der Waals surface area contributed by atoms with Gasteiger partial charge in [0.25, 0.3) is 0 Å². The lowest BCUT2D eigenvalue weighted by Gasteiger charge is -2.26. The maximum atomic E-state index is 11.9. The molecule has 1 aliphatic rings. The van der Waals surface area contributed by atoms with E-state index in [4.69, 9.17) is 9.47 Å². The van der Waals surface area contributed by atoms with Crippen molar-refractivity contribution < 1.29 is 24.2 Å². The molecule has 7 nitrogen and oxygen atoms in total. The molecule has 0 aromatic rings. The highest BCUT2D eigenvalue weighted by Crippen LogP contribution is 2.43. The molecule has 0 aromatic carbocycles. The van der Waals surface area contributed by atoms with Gasteiger partial charge in [0.15, 0.2) is 0 Å². The van der Waals surface area contributed by atoms with Crippen molar-refractivity contribution >= 4 is 12.2 Å². The van der Waals surface area contributed by atoms with Gasteiger partial charge in [0.05, 0.1) is 0 Å². The number of rotatable bonds is 7. The summed E-state index contributed by atoms with van der Waals surface area (Å²) in [6.45, 7) is 13.4. The summed E-state index contributed by atoms with van der Waals surface area (Å²) >= 11 is 0. The second kappa shape index (κ2) is 8.93. The van der Waals surface area contributed by atoms with Gasteiger partial charge in [-0.05, 0) is 73.1 Å². The van der Waals surface area contributed by atoms with Crippen LogP contribution in [0, 0.1) is 17.8 Å². The van der Waals surface area contributed by atoms with E-state index < -0.39 is 23.4 Å². The van der Waals surface area contributed by atoms with Crippen LogP contribution in [0.4, 0.5) is 9.59 Å². The first-order chi connectivity index (χ1) is 11.8. The molecule has 26 heavy (non-hydrogen) atoms. The van der Waals surface area contributed by atoms with E-state index in [1.165, 1.54) is 0 Å². The zero-order chi connectivity index (χ0) is 20.1. The molecule has 1 rings (SSSR count). The van der Waals surface area contributed by atoms with Crippen LogP contribution < -0.4 is 10.6 Å². The molecule has 0 saturated heterocycles. The Balaban J connectivity index is 2.34. The predicted octanol–water partition coefficient (Wildman–Crippen LogP) is 3.06. The van der Waals surface area contributed by atoms with E-state index in [1.807, 2.05) is 48.5 Å². The summed E-state index contributed by atoms with van der Waals surface area (Å²) in [6, 6.07) is -0.185. The quantitative estimate of drug-likeness (QED) is 0.638. The predicted molar refractivity (Wildman–Crippen MR) is 99.9 cm³/mol. The van der Waals surface area contributed by atoms with Crippen molar-refractivity contribution in [3.63, 3.8) is 0 Å². The van der Waals surface area contributed by atoms with Crippen LogP contribution in [0.15, 0.2) is 0 Å². The Labute approximate surface area is 157 Å². The highest BCUT2D eigenvalue weighted by molar-refractivity contribution is 5.68. The summed E-state index contributed by atoms with van der Waals surface area (Å²) in [4.78, 5) is 23.6. The van der Waals surface area contributed by atoms with Gasteiger partial charge in [-0.3, -0.25) is 0 Å². The first-order valence-corrected chi connectivity index (χ1v) is 9.38. The summed E-state index contributed by atoms with van der Waals surface area (Å²) in [5.41, 5.74) is -1.05. The van der Waals surface area contributed by atoms with Crippen LogP contribution >= 0.6 is 0 Å². The molecular formula is C19H36N2O5. The Kier molecular flexibility index (Phi) is 7.74. The van der Waals surface area contributed by atoms with Crippen LogP contribution in [0.3, 0.4) is 0 Å². The monoisotopic (exact) mass is 372 g/mol. The number of hydrogen-bond donors (Lipinski definition) is 3. The standard InChI is InChI=1S/C19H36N2O5/c1-12(21-17(24)26-19(5,6)7)15(11-22)9-13-8-14(13)10-20-16(23)25-18(2,3)4/h12-15,22H,8-11H2,1-7H3,(H,20,23)(H,21,24)/t12-,13-,14+,15+/m1/s1. The van der Waals surface area contributed by atoms with Crippen molar-refractivity contribution in [1.82, 2.24) is 10.6 Å². The van der Waals surface area contributed by atoms with Gasteiger partial charge < -0.3 is 25.2 Å². The van der Waals surface area contributed by atoms with E-state index in [-0.39, 0.29) is 18.6 Å². The lowest BCUT2D eigenvalue weighted by atomic mass is 9.95. The van der Waals surface area contributed by atoms with Gasteiger partial charge in [-0.2, -0.15) is 0 Å². The lowest BCUT2D eigenvalue weighted by Crippen LogP contribution is -2.42. The first-order valence-electron chi connectivity index (χ1n) is 9.38. The van der Waals surface area contributed by atoms with Crippen LogP contribution in [0.2, 0.25) is 0 Å². The smallest absolute Gasteiger partial charge is 0.407 e. The Bertz CT molecular complexity index is 481. The van der Waals surface area contributed by atoms with Crippen LogP contribution in [-0.4, -0.2) is 47.7 Å². The van der Waals surface area contributed by atoms with Crippen molar-refractivity contribution in [3.05, 3.63) is 0 Å². The molecule has 152 valence electrons. The topological polar surface area (TPSA) is 96.9 Å². The Morgan fingerprint density at radius 2 is 1.58 bits per heavy atom. The summed E-state index contributed by atoms with van der Waals surface area (Å²) in [5, 5.41) is 15.3. The van der Waals surface area contributed by atoms with Gasteiger partial charge in [-0.15, -0.1) is 0 Å². The fourth-order valence-electron chi connectivity index (χ4n) is 2.81. The van der Waals surface area contributed by atoms with Gasteiger partial charge in [-0.25, -0.2) is 9.59 Å². The Hall–Kier alpha value is -1.50. The normalized spacial score (nSPS) is 22.2. The number of carbonyl (C=O) groups excluding carboxylic acids is 2. The largest absolute Gasteiger partial charge is 0.444 e. The van der Waals surface area contributed by atoms with E-state index in [2.05, 4.69) is 10.6 Å². The molecular weight excluding hydrogens is 336 g/mol. The Morgan fingerprint density at radius 3 is 2.08 bits per heavy atom. The molecule has 0 bridgehead atoms. The molecule has 3 N–H and O–H groups in total.